The van der Waals surface area contributed by atoms with E-state index in [0.717, 1.165) is 5.52 Å². The molecule has 0 aliphatic rings. The fourth-order valence-corrected chi connectivity index (χ4v) is 2.33. The van der Waals surface area contributed by atoms with Gasteiger partial charge in [0.2, 0.25) is 5.91 Å². The molecule has 0 unspecified atom stereocenters. The number of hydrogen-bond donors (Lipinski definition) is 2. The number of carbonyl (C=O) groups is 2. The van der Waals surface area contributed by atoms with E-state index >= 15 is 0 Å². The molecule has 0 fully saturated rings. The maximum absolute atomic E-state index is 13.5. The van der Waals surface area contributed by atoms with Gasteiger partial charge in [0.05, 0.1) is 0 Å². The number of benzene rings is 2. The largest absolute Gasteiger partial charge is 0.478 e. The maximum atomic E-state index is 13.5. The minimum absolute atomic E-state index is 0.0394. The first kappa shape index (κ1) is 18.4. The van der Waals surface area contributed by atoms with E-state index in [0.29, 0.717) is 11.5 Å². The number of ether oxygens (including phenoxy) is 1. The van der Waals surface area contributed by atoms with Crippen LogP contribution in [-0.2, 0) is 16.0 Å². The molecule has 1 aromatic heterocycles. The van der Waals surface area contributed by atoms with E-state index < -0.39 is 23.7 Å². The zero-order chi connectivity index (χ0) is 19.2. The second-order valence-electron chi connectivity index (χ2n) is 5.80. The number of amides is 2. The van der Waals surface area contributed by atoms with Crippen LogP contribution in [0.3, 0.4) is 0 Å². The number of halogens is 1. The predicted molar refractivity (Wildman–Crippen MR) is 95.1 cm³/mol. The molecule has 7 nitrogen and oxygen atoms in total. The van der Waals surface area contributed by atoms with Crippen LogP contribution in [0, 0.1) is 5.82 Å². The zero-order valence-electron chi connectivity index (χ0n) is 14.6. The van der Waals surface area contributed by atoms with Crippen LogP contribution in [0.4, 0.5) is 4.39 Å². The molecule has 2 N–H and O–H groups in total. The van der Waals surface area contributed by atoms with Gasteiger partial charge in [-0.1, -0.05) is 24.3 Å². The van der Waals surface area contributed by atoms with E-state index in [1.165, 1.54) is 25.1 Å². The Morgan fingerprint density at radius 1 is 1.15 bits per heavy atom. The van der Waals surface area contributed by atoms with Crippen molar-refractivity contribution in [1.82, 2.24) is 15.8 Å². The molecule has 0 aliphatic heterocycles. The number of hydrazine groups is 1. The highest BCUT2D eigenvalue weighted by molar-refractivity contribution is 5.84. The second-order valence-corrected chi connectivity index (χ2v) is 5.80. The lowest BCUT2D eigenvalue weighted by molar-refractivity contribution is -0.132. The molecule has 3 aromatic rings. The Bertz CT molecular complexity index is 924. The van der Waals surface area contributed by atoms with Crippen LogP contribution >= 0.6 is 0 Å². The number of carbonyl (C=O) groups excluding carboxylic acids is 2. The Morgan fingerprint density at radius 3 is 2.67 bits per heavy atom. The molecule has 0 spiro atoms. The SMILES string of the molecule is C[C@@H](Oc1ccccc1F)C(=O)NNC(=O)CCc1nc2ccccc2o1. The normalized spacial score (nSPS) is 11.8. The first-order valence-electron chi connectivity index (χ1n) is 8.37. The number of rotatable bonds is 6. The highest BCUT2D eigenvalue weighted by Gasteiger charge is 2.17. The van der Waals surface area contributed by atoms with E-state index in [9.17, 15) is 14.0 Å². The van der Waals surface area contributed by atoms with Crippen LogP contribution in [-0.4, -0.2) is 22.9 Å². The number of para-hydroxylation sites is 3. The molecule has 1 heterocycles. The lowest BCUT2D eigenvalue weighted by atomic mass is 10.3. The molecule has 0 radical (unpaired) electrons. The molecular weight excluding hydrogens is 353 g/mol. The molecular formula is C19H18FN3O4. The monoisotopic (exact) mass is 371 g/mol. The van der Waals surface area contributed by atoms with Crippen molar-refractivity contribution in [2.75, 3.05) is 0 Å². The molecule has 3 rings (SSSR count). The average Bonchev–Trinajstić information content (AvgIpc) is 3.09. The van der Waals surface area contributed by atoms with Gasteiger partial charge in [-0.25, -0.2) is 9.37 Å². The van der Waals surface area contributed by atoms with Crippen LogP contribution in [0.1, 0.15) is 19.2 Å². The van der Waals surface area contributed by atoms with Crippen LogP contribution < -0.4 is 15.6 Å². The van der Waals surface area contributed by atoms with Gasteiger partial charge in [-0.05, 0) is 31.2 Å². The maximum Gasteiger partial charge on any atom is 0.279 e. The van der Waals surface area contributed by atoms with E-state index in [4.69, 9.17) is 9.15 Å². The summed E-state index contributed by atoms with van der Waals surface area (Å²) in [6.45, 7) is 1.45. The molecule has 0 saturated heterocycles. The van der Waals surface area contributed by atoms with Gasteiger partial charge in [0.25, 0.3) is 5.91 Å². The number of aromatic nitrogens is 1. The standard InChI is InChI=1S/C19H18FN3O4/c1-12(26-15-8-4-2-6-13(15)20)19(25)23-22-17(24)10-11-18-21-14-7-3-5-9-16(14)27-18/h2-9,12H,10-11H2,1H3,(H,22,24)(H,23,25)/t12-/m1/s1. The van der Waals surface area contributed by atoms with Crippen molar-refractivity contribution in [2.45, 2.75) is 25.9 Å². The summed E-state index contributed by atoms with van der Waals surface area (Å²) in [6, 6.07) is 13.1. The molecule has 0 bridgehead atoms. The van der Waals surface area contributed by atoms with E-state index in [2.05, 4.69) is 15.8 Å². The van der Waals surface area contributed by atoms with Crippen LogP contribution in [0.5, 0.6) is 5.75 Å². The summed E-state index contributed by atoms with van der Waals surface area (Å²) in [5.41, 5.74) is 5.91. The highest BCUT2D eigenvalue weighted by Crippen LogP contribution is 2.17. The van der Waals surface area contributed by atoms with Crippen molar-refractivity contribution in [3.63, 3.8) is 0 Å². The van der Waals surface area contributed by atoms with E-state index in [1.807, 2.05) is 18.2 Å². The van der Waals surface area contributed by atoms with Crippen molar-refractivity contribution >= 4 is 22.9 Å². The lowest BCUT2D eigenvalue weighted by Crippen LogP contribution is -2.47. The Balaban J connectivity index is 1.44. The Kier molecular flexibility index (Phi) is 5.65. The summed E-state index contributed by atoms with van der Waals surface area (Å²) >= 11 is 0. The van der Waals surface area contributed by atoms with Gasteiger partial charge >= 0.3 is 0 Å². The Hall–Kier alpha value is -3.42. The summed E-state index contributed by atoms with van der Waals surface area (Å²) in [5, 5.41) is 0. The third-order valence-electron chi connectivity index (χ3n) is 3.74. The fourth-order valence-electron chi connectivity index (χ4n) is 2.33. The van der Waals surface area contributed by atoms with E-state index in [-0.39, 0.29) is 18.6 Å². The third kappa shape index (κ3) is 4.81. The molecule has 0 aliphatic carbocycles. The van der Waals surface area contributed by atoms with Gasteiger partial charge in [-0.15, -0.1) is 0 Å². The molecule has 27 heavy (non-hydrogen) atoms. The number of nitrogens with one attached hydrogen (secondary N) is 2. The van der Waals surface area contributed by atoms with Crippen molar-refractivity contribution in [3.8, 4) is 5.75 Å². The average molecular weight is 371 g/mol. The number of oxazole rings is 1. The number of nitrogens with zero attached hydrogens (tertiary/aromatic N) is 1. The minimum Gasteiger partial charge on any atom is -0.478 e. The summed E-state index contributed by atoms with van der Waals surface area (Å²) in [7, 11) is 0. The first-order chi connectivity index (χ1) is 13.0. The summed E-state index contributed by atoms with van der Waals surface area (Å²) < 4.78 is 24.3. The number of hydrogen-bond acceptors (Lipinski definition) is 5. The number of aryl methyl sites for hydroxylation is 1. The lowest BCUT2D eigenvalue weighted by Gasteiger charge is -2.15. The highest BCUT2D eigenvalue weighted by atomic mass is 19.1. The summed E-state index contributed by atoms with van der Waals surface area (Å²) in [5.74, 6) is -1.19. The molecule has 2 amide bonds. The van der Waals surface area contributed by atoms with Gasteiger partial charge in [-0.3, -0.25) is 20.4 Å². The molecule has 2 aromatic carbocycles. The van der Waals surface area contributed by atoms with Crippen LogP contribution in [0.15, 0.2) is 52.9 Å². The second kappa shape index (κ2) is 8.31. The molecule has 140 valence electrons. The van der Waals surface area contributed by atoms with Gasteiger partial charge < -0.3 is 9.15 Å². The number of fused-ring (bicyclic) bond motifs is 1. The van der Waals surface area contributed by atoms with Crippen molar-refractivity contribution in [3.05, 3.63) is 60.2 Å². The smallest absolute Gasteiger partial charge is 0.279 e. The van der Waals surface area contributed by atoms with Crippen LogP contribution in [0.25, 0.3) is 11.1 Å². The van der Waals surface area contributed by atoms with Gasteiger partial charge in [-0.2, -0.15) is 0 Å². The van der Waals surface area contributed by atoms with Crippen LogP contribution in [0.2, 0.25) is 0 Å². The zero-order valence-corrected chi connectivity index (χ0v) is 14.6. The van der Waals surface area contributed by atoms with Gasteiger partial charge in [0.15, 0.2) is 29.1 Å². The van der Waals surface area contributed by atoms with Crippen molar-refractivity contribution < 1.29 is 23.1 Å². The summed E-state index contributed by atoms with van der Waals surface area (Å²) in [4.78, 5) is 28.1. The predicted octanol–water partition coefficient (Wildman–Crippen LogP) is 2.51. The molecule has 1 atom stereocenters. The minimum atomic E-state index is -0.987. The van der Waals surface area contributed by atoms with E-state index in [1.54, 1.807) is 12.1 Å². The Morgan fingerprint density at radius 2 is 1.89 bits per heavy atom. The molecule has 8 heteroatoms. The quantitative estimate of drug-likeness (QED) is 0.650. The van der Waals surface area contributed by atoms with Crippen molar-refractivity contribution in [1.29, 1.82) is 0 Å². The fraction of sp³-hybridized carbons (Fsp3) is 0.211. The first-order valence-corrected chi connectivity index (χ1v) is 8.37. The topological polar surface area (TPSA) is 93.5 Å². The van der Waals surface area contributed by atoms with Crippen molar-refractivity contribution in [2.24, 2.45) is 0 Å². The molecule has 0 saturated carbocycles. The van der Waals surface area contributed by atoms with Gasteiger partial charge in [0, 0.05) is 12.8 Å². The van der Waals surface area contributed by atoms with Gasteiger partial charge in [0.1, 0.15) is 5.52 Å². The third-order valence-corrected chi connectivity index (χ3v) is 3.74. The Labute approximate surface area is 154 Å². The summed E-state index contributed by atoms with van der Waals surface area (Å²) in [6.07, 6.45) is -0.618.